The Bertz CT molecular complexity index is 616. The van der Waals surface area contributed by atoms with E-state index in [9.17, 15) is 4.79 Å². The van der Waals surface area contributed by atoms with Crippen LogP contribution in [0.1, 0.15) is 40.2 Å². The maximum atomic E-state index is 12.3. The van der Waals surface area contributed by atoms with E-state index < -0.39 is 5.54 Å². The first-order valence-electron chi connectivity index (χ1n) is 6.79. The molecule has 0 amide bonds. The van der Waals surface area contributed by atoms with Crippen LogP contribution in [0.25, 0.3) is 11.0 Å². The molecule has 1 heterocycles. The molecule has 4 nitrogen and oxygen atoms in total. The van der Waals surface area contributed by atoms with Crippen molar-refractivity contribution >= 4 is 11.0 Å². The fourth-order valence-electron chi connectivity index (χ4n) is 2.57. The molecule has 1 aromatic heterocycles. The normalized spacial score (nSPS) is 14.2. The van der Waals surface area contributed by atoms with Gasteiger partial charge in [0.1, 0.15) is 0 Å². The lowest BCUT2D eigenvalue weighted by molar-refractivity contribution is 0.271. The van der Waals surface area contributed by atoms with Crippen molar-refractivity contribution in [2.75, 3.05) is 0 Å². The molecule has 0 aliphatic carbocycles. The van der Waals surface area contributed by atoms with Gasteiger partial charge >= 0.3 is 5.69 Å². The molecule has 0 saturated carbocycles. The predicted molar refractivity (Wildman–Crippen MR) is 79.3 cm³/mol. The van der Waals surface area contributed by atoms with Crippen molar-refractivity contribution in [3.8, 4) is 0 Å². The summed E-state index contributed by atoms with van der Waals surface area (Å²) in [6, 6.07) is 7.74. The number of hydrogen-bond donors (Lipinski definition) is 2. The second-order valence-corrected chi connectivity index (χ2v) is 6.28. The predicted octanol–water partition coefficient (Wildman–Crippen LogP) is 2.65. The van der Waals surface area contributed by atoms with Crippen molar-refractivity contribution in [3.05, 3.63) is 34.7 Å². The summed E-state index contributed by atoms with van der Waals surface area (Å²) < 4.78 is 1.81. The average molecular weight is 261 g/mol. The van der Waals surface area contributed by atoms with E-state index in [0.717, 1.165) is 17.5 Å². The number of nitrogens with two attached hydrogens (primary N) is 1. The summed E-state index contributed by atoms with van der Waals surface area (Å²) in [7, 11) is 0. The lowest BCUT2D eigenvalue weighted by Gasteiger charge is -2.33. The number of nitrogens with one attached hydrogen (secondary N) is 1. The molecule has 19 heavy (non-hydrogen) atoms. The maximum absolute atomic E-state index is 12.3. The summed E-state index contributed by atoms with van der Waals surface area (Å²) in [6.07, 6.45) is 0.880. The Morgan fingerprint density at radius 2 is 1.95 bits per heavy atom. The highest BCUT2D eigenvalue weighted by atomic mass is 16.1. The molecule has 2 rings (SSSR count). The van der Waals surface area contributed by atoms with Crippen LogP contribution in [0.4, 0.5) is 0 Å². The van der Waals surface area contributed by atoms with Gasteiger partial charge in [0.25, 0.3) is 0 Å². The number of benzene rings is 1. The molecular weight excluding hydrogens is 238 g/mol. The molecular formula is C15H23N3O. The minimum atomic E-state index is -0.445. The highest BCUT2D eigenvalue weighted by molar-refractivity contribution is 5.75. The van der Waals surface area contributed by atoms with Crippen molar-refractivity contribution in [3.63, 3.8) is 0 Å². The zero-order valence-electron chi connectivity index (χ0n) is 12.1. The van der Waals surface area contributed by atoms with Gasteiger partial charge in [-0.25, -0.2) is 4.79 Å². The van der Waals surface area contributed by atoms with Crippen LogP contribution in [0.15, 0.2) is 29.1 Å². The number of rotatable bonds is 4. The summed E-state index contributed by atoms with van der Waals surface area (Å²) in [4.78, 5) is 15.2. The van der Waals surface area contributed by atoms with E-state index in [1.54, 1.807) is 0 Å². The number of hydrogen-bond acceptors (Lipinski definition) is 2. The molecule has 0 spiro atoms. The first kappa shape index (κ1) is 13.9. The highest BCUT2D eigenvalue weighted by Crippen LogP contribution is 2.28. The van der Waals surface area contributed by atoms with Gasteiger partial charge in [-0.15, -0.1) is 0 Å². The molecule has 104 valence electrons. The zero-order chi connectivity index (χ0) is 14.2. The average Bonchev–Trinajstić information content (AvgIpc) is 2.60. The molecule has 2 aromatic rings. The molecule has 0 aliphatic heterocycles. The zero-order valence-corrected chi connectivity index (χ0v) is 12.1. The number of nitrogens with zero attached hydrogens (tertiary/aromatic N) is 1. The largest absolute Gasteiger partial charge is 0.326 e. The van der Waals surface area contributed by atoms with Crippen molar-refractivity contribution in [2.24, 2.45) is 11.7 Å². The van der Waals surface area contributed by atoms with Gasteiger partial charge in [0.05, 0.1) is 17.1 Å². The Labute approximate surface area is 113 Å². The SMILES string of the molecule is CC(C)CC(n1c(=O)[nH]c2ccccc21)C(C)(C)N. The van der Waals surface area contributed by atoms with Gasteiger partial charge in [-0.05, 0) is 38.3 Å². The number of fused-ring (bicyclic) bond motifs is 1. The van der Waals surface area contributed by atoms with Crippen LogP contribution in [0.5, 0.6) is 0 Å². The van der Waals surface area contributed by atoms with E-state index in [0.29, 0.717) is 5.92 Å². The second-order valence-electron chi connectivity index (χ2n) is 6.28. The van der Waals surface area contributed by atoms with Gasteiger partial charge in [-0.3, -0.25) is 4.57 Å². The minimum Gasteiger partial charge on any atom is -0.324 e. The summed E-state index contributed by atoms with van der Waals surface area (Å²) in [6.45, 7) is 8.26. The number of para-hydroxylation sites is 2. The molecule has 0 aliphatic rings. The highest BCUT2D eigenvalue weighted by Gasteiger charge is 2.30. The molecule has 1 atom stereocenters. The fraction of sp³-hybridized carbons (Fsp3) is 0.533. The Kier molecular flexibility index (Phi) is 3.54. The molecule has 0 radical (unpaired) electrons. The summed E-state index contributed by atoms with van der Waals surface area (Å²) in [5.41, 5.74) is 7.58. The first-order chi connectivity index (χ1) is 8.80. The van der Waals surface area contributed by atoms with Crippen LogP contribution in [-0.4, -0.2) is 15.1 Å². The molecule has 4 heteroatoms. The maximum Gasteiger partial charge on any atom is 0.326 e. The van der Waals surface area contributed by atoms with Gasteiger partial charge in [0.2, 0.25) is 0 Å². The second kappa shape index (κ2) is 4.85. The van der Waals surface area contributed by atoms with Crippen LogP contribution < -0.4 is 11.4 Å². The number of aromatic amines is 1. The molecule has 1 unspecified atom stereocenters. The van der Waals surface area contributed by atoms with E-state index in [4.69, 9.17) is 5.73 Å². The standard InChI is InChI=1S/C15H23N3O/c1-10(2)9-13(15(3,4)16)18-12-8-6-5-7-11(12)17-14(18)19/h5-8,10,13H,9,16H2,1-4H3,(H,17,19). The van der Waals surface area contributed by atoms with Gasteiger partial charge in [-0.1, -0.05) is 26.0 Å². The number of H-pyrrole nitrogens is 1. The van der Waals surface area contributed by atoms with Crippen molar-refractivity contribution < 1.29 is 0 Å². The van der Waals surface area contributed by atoms with Gasteiger partial charge in [-0.2, -0.15) is 0 Å². The van der Waals surface area contributed by atoms with Crippen LogP contribution in [-0.2, 0) is 0 Å². The van der Waals surface area contributed by atoms with Crippen LogP contribution >= 0.6 is 0 Å². The molecule has 0 bridgehead atoms. The van der Waals surface area contributed by atoms with E-state index in [1.807, 2.05) is 42.7 Å². The molecule has 0 saturated heterocycles. The third-order valence-corrected chi connectivity index (χ3v) is 3.49. The monoisotopic (exact) mass is 261 g/mol. The number of imidazole rings is 1. The van der Waals surface area contributed by atoms with E-state index in [-0.39, 0.29) is 11.7 Å². The van der Waals surface area contributed by atoms with Crippen molar-refractivity contribution in [1.82, 2.24) is 9.55 Å². The van der Waals surface area contributed by atoms with Crippen molar-refractivity contribution in [2.45, 2.75) is 45.7 Å². The third kappa shape index (κ3) is 2.73. The fourth-order valence-corrected chi connectivity index (χ4v) is 2.57. The van der Waals surface area contributed by atoms with Crippen LogP contribution in [0, 0.1) is 5.92 Å². The van der Waals surface area contributed by atoms with E-state index in [1.165, 1.54) is 0 Å². The summed E-state index contributed by atoms with van der Waals surface area (Å²) >= 11 is 0. The molecule has 0 fully saturated rings. The Balaban J connectivity index is 2.62. The van der Waals surface area contributed by atoms with Gasteiger partial charge in [0.15, 0.2) is 0 Å². The molecule has 1 aromatic carbocycles. The van der Waals surface area contributed by atoms with Gasteiger partial charge in [0, 0.05) is 5.54 Å². The van der Waals surface area contributed by atoms with E-state index >= 15 is 0 Å². The quantitative estimate of drug-likeness (QED) is 0.888. The Morgan fingerprint density at radius 1 is 1.32 bits per heavy atom. The van der Waals surface area contributed by atoms with Gasteiger partial charge < -0.3 is 10.7 Å². The number of aromatic nitrogens is 2. The van der Waals surface area contributed by atoms with E-state index in [2.05, 4.69) is 18.8 Å². The minimum absolute atomic E-state index is 0.0175. The van der Waals surface area contributed by atoms with Crippen molar-refractivity contribution in [1.29, 1.82) is 0 Å². The third-order valence-electron chi connectivity index (χ3n) is 3.49. The van der Waals surface area contributed by atoms with Crippen LogP contribution in [0.3, 0.4) is 0 Å². The topological polar surface area (TPSA) is 63.8 Å². The smallest absolute Gasteiger partial charge is 0.324 e. The van der Waals surface area contributed by atoms with Crippen LogP contribution in [0.2, 0.25) is 0 Å². The molecule has 3 N–H and O–H groups in total. The lowest BCUT2D eigenvalue weighted by Crippen LogP contribution is -2.45. The Morgan fingerprint density at radius 3 is 2.53 bits per heavy atom. The summed E-state index contributed by atoms with van der Waals surface area (Å²) in [5, 5.41) is 0. The first-order valence-corrected chi connectivity index (χ1v) is 6.79. The Hall–Kier alpha value is -1.55. The summed E-state index contributed by atoms with van der Waals surface area (Å²) in [5.74, 6) is 0.480. The lowest BCUT2D eigenvalue weighted by atomic mass is 9.88.